The summed E-state index contributed by atoms with van der Waals surface area (Å²) in [5.74, 6) is -0.266. The Morgan fingerprint density at radius 3 is 2.76 bits per heavy atom. The highest BCUT2D eigenvalue weighted by atomic mass is 19.1. The van der Waals surface area contributed by atoms with Crippen molar-refractivity contribution in [1.29, 1.82) is 0 Å². The van der Waals surface area contributed by atoms with Crippen LogP contribution in [0.1, 0.15) is 44.9 Å². The van der Waals surface area contributed by atoms with Gasteiger partial charge in [0.15, 0.2) is 5.82 Å². The molecular weight excluding hydrogens is 477 g/mol. The summed E-state index contributed by atoms with van der Waals surface area (Å²) in [7, 11) is 0. The molecule has 0 saturated heterocycles. The topological polar surface area (TPSA) is 126 Å². The van der Waals surface area contributed by atoms with Crippen LogP contribution in [0.3, 0.4) is 0 Å². The minimum Gasteiger partial charge on any atom is -0.394 e. The van der Waals surface area contributed by atoms with Gasteiger partial charge in [-0.05, 0) is 66.9 Å². The Kier molecular flexibility index (Phi) is 6.69. The number of pyridine rings is 2. The summed E-state index contributed by atoms with van der Waals surface area (Å²) in [5, 5.41) is 20.2. The molecule has 0 aliphatic carbocycles. The summed E-state index contributed by atoms with van der Waals surface area (Å²) in [6.07, 6.45) is 3.78. The molecule has 3 aromatic heterocycles. The first-order valence-corrected chi connectivity index (χ1v) is 11.7. The molecule has 1 aliphatic rings. The number of carbonyl (C=O) groups excluding carboxylic acids is 2. The minimum absolute atomic E-state index is 0.0849. The zero-order valence-electron chi connectivity index (χ0n) is 20.0. The highest BCUT2D eigenvalue weighted by Gasteiger charge is 2.24. The molecule has 2 amide bonds. The van der Waals surface area contributed by atoms with Crippen molar-refractivity contribution in [2.45, 2.75) is 25.9 Å². The molecule has 5 rings (SSSR count). The Morgan fingerprint density at radius 2 is 1.97 bits per heavy atom. The van der Waals surface area contributed by atoms with E-state index in [1.54, 1.807) is 39.9 Å². The molecule has 0 unspecified atom stereocenters. The van der Waals surface area contributed by atoms with E-state index in [0.29, 0.717) is 42.4 Å². The number of hydrogen-bond acceptors (Lipinski definition) is 7. The smallest absolute Gasteiger partial charge is 0.275 e. The lowest BCUT2D eigenvalue weighted by atomic mass is 10.00. The summed E-state index contributed by atoms with van der Waals surface area (Å²) in [6, 6.07) is 12.0. The number of hydrogen-bond donors (Lipinski definition) is 2. The predicted octanol–water partition coefficient (Wildman–Crippen LogP) is 2.88. The number of halogens is 1. The van der Waals surface area contributed by atoms with Crippen LogP contribution in [0.4, 0.5) is 10.2 Å². The molecule has 1 aromatic carbocycles. The summed E-state index contributed by atoms with van der Waals surface area (Å²) in [4.78, 5) is 36.3. The van der Waals surface area contributed by atoms with Gasteiger partial charge in [0.25, 0.3) is 11.8 Å². The first-order valence-electron chi connectivity index (χ1n) is 11.7. The Morgan fingerprint density at radius 1 is 1.16 bits per heavy atom. The van der Waals surface area contributed by atoms with Crippen LogP contribution >= 0.6 is 0 Å². The van der Waals surface area contributed by atoms with E-state index < -0.39 is 11.7 Å². The van der Waals surface area contributed by atoms with Crippen molar-refractivity contribution in [3.8, 4) is 11.5 Å². The SMILES string of the molecule is C[C@H](CO)n1cnnc1-c1cccc(NC(=O)c2cc3c(cn2)CCN(C(=O)c2ccc(F)cc2)C3)n1. The third kappa shape index (κ3) is 5.07. The van der Waals surface area contributed by atoms with Crippen molar-refractivity contribution < 1.29 is 19.1 Å². The maximum Gasteiger partial charge on any atom is 0.275 e. The molecule has 0 spiro atoms. The Labute approximate surface area is 211 Å². The fourth-order valence-electron chi connectivity index (χ4n) is 4.16. The summed E-state index contributed by atoms with van der Waals surface area (Å²) >= 11 is 0. The highest BCUT2D eigenvalue weighted by molar-refractivity contribution is 6.02. The molecule has 0 radical (unpaired) electrons. The molecule has 10 nitrogen and oxygen atoms in total. The first kappa shape index (κ1) is 24.2. The summed E-state index contributed by atoms with van der Waals surface area (Å²) in [6.45, 7) is 2.57. The molecule has 4 aromatic rings. The Hall–Kier alpha value is -4.51. The van der Waals surface area contributed by atoms with E-state index in [1.165, 1.54) is 30.6 Å². The summed E-state index contributed by atoms with van der Waals surface area (Å²) < 4.78 is 14.9. The van der Waals surface area contributed by atoms with Gasteiger partial charge in [-0.3, -0.25) is 14.6 Å². The Bertz CT molecular complexity index is 1450. The fraction of sp³-hybridized carbons (Fsp3) is 0.231. The molecule has 4 heterocycles. The second-order valence-corrected chi connectivity index (χ2v) is 8.78. The third-order valence-corrected chi connectivity index (χ3v) is 6.24. The van der Waals surface area contributed by atoms with Crippen LogP contribution in [-0.2, 0) is 13.0 Å². The van der Waals surface area contributed by atoms with Gasteiger partial charge in [0.05, 0.1) is 12.6 Å². The maximum absolute atomic E-state index is 13.2. The molecule has 1 atom stereocenters. The number of aromatic nitrogens is 5. The van der Waals surface area contributed by atoms with E-state index >= 15 is 0 Å². The number of amides is 2. The molecule has 2 N–H and O–H groups in total. The number of nitrogens with one attached hydrogen (secondary N) is 1. The van der Waals surface area contributed by atoms with E-state index in [-0.39, 0.29) is 24.2 Å². The second-order valence-electron chi connectivity index (χ2n) is 8.78. The van der Waals surface area contributed by atoms with Crippen molar-refractivity contribution in [1.82, 2.24) is 29.6 Å². The predicted molar refractivity (Wildman–Crippen MR) is 132 cm³/mol. The normalized spacial score (nSPS) is 13.6. The zero-order valence-corrected chi connectivity index (χ0v) is 20.0. The van der Waals surface area contributed by atoms with Crippen LogP contribution in [0.5, 0.6) is 0 Å². The number of rotatable bonds is 6. The molecular formula is C26H24FN7O3. The molecule has 37 heavy (non-hydrogen) atoms. The number of benzene rings is 1. The van der Waals surface area contributed by atoms with E-state index in [1.807, 2.05) is 6.92 Å². The molecule has 1 aliphatic heterocycles. The first-order chi connectivity index (χ1) is 17.9. The van der Waals surface area contributed by atoms with E-state index in [4.69, 9.17) is 0 Å². The lowest BCUT2D eigenvalue weighted by Crippen LogP contribution is -2.36. The van der Waals surface area contributed by atoms with Gasteiger partial charge in [0, 0.05) is 24.8 Å². The van der Waals surface area contributed by atoms with Crippen molar-refractivity contribution >= 4 is 17.6 Å². The van der Waals surface area contributed by atoms with Crippen molar-refractivity contribution in [2.75, 3.05) is 18.5 Å². The van der Waals surface area contributed by atoms with E-state index in [2.05, 4.69) is 25.5 Å². The standard InChI is InChI=1S/C26H24FN7O3/c1-16(14-35)34-15-29-32-24(34)21-3-2-4-23(30-21)31-25(36)22-11-19-13-33(10-9-18(19)12-28-22)26(37)17-5-7-20(27)8-6-17/h2-8,11-12,15-16,35H,9-10,13-14H2,1H3,(H,30,31,36)/t16-/m1/s1. The quantitative estimate of drug-likeness (QED) is 0.416. The highest BCUT2D eigenvalue weighted by Crippen LogP contribution is 2.23. The van der Waals surface area contributed by atoms with E-state index in [0.717, 1.165) is 11.1 Å². The number of aliphatic hydroxyl groups is 1. The van der Waals surface area contributed by atoms with Crippen molar-refractivity contribution in [3.63, 3.8) is 0 Å². The van der Waals surface area contributed by atoms with Crippen molar-refractivity contribution in [3.05, 3.63) is 89.3 Å². The van der Waals surface area contributed by atoms with Gasteiger partial charge < -0.3 is 19.9 Å². The number of carbonyl (C=O) groups is 2. The lowest BCUT2D eigenvalue weighted by molar-refractivity contribution is 0.0734. The molecule has 0 fully saturated rings. The molecule has 11 heteroatoms. The average molecular weight is 502 g/mol. The van der Waals surface area contributed by atoms with Crippen LogP contribution < -0.4 is 5.32 Å². The molecule has 0 bridgehead atoms. The van der Waals surface area contributed by atoms with Gasteiger partial charge in [0.2, 0.25) is 0 Å². The lowest BCUT2D eigenvalue weighted by Gasteiger charge is -2.29. The molecule has 188 valence electrons. The van der Waals surface area contributed by atoms with Gasteiger partial charge in [-0.25, -0.2) is 9.37 Å². The van der Waals surface area contributed by atoms with Crippen LogP contribution in [0, 0.1) is 5.82 Å². The van der Waals surface area contributed by atoms with Gasteiger partial charge >= 0.3 is 0 Å². The maximum atomic E-state index is 13.2. The van der Waals surface area contributed by atoms with Gasteiger partial charge in [-0.15, -0.1) is 10.2 Å². The number of nitrogens with zero attached hydrogens (tertiary/aromatic N) is 6. The van der Waals surface area contributed by atoms with E-state index in [9.17, 15) is 19.1 Å². The van der Waals surface area contributed by atoms with Crippen LogP contribution in [-0.4, -0.2) is 59.7 Å². The van der Waals surface area contributed by atoms with Gasteiger partial charge in [-0.1, -0.05) is 6.07 Å². The van der Waals surface area contributed by atoms with Crippen LogP contribution in [0.15, 0.2) is 61.1 Å². The fourth-order valence-corrected chi connectivity index (χ4v) is 4.16. The number of fused-ring (bicyclic) bond motifs is 1. The second kappa shape index (κ2) is 10.2. The van der Waals surface area contributed by atoms with Crippen molar-refractivity contribution in [2.24, 2.45) is 0 Å². The van der Waals surface area contributed by atoms with Gasteiger partial charge in [-0.2, -0.15) is 0 Å². The summed E-state index contributed by atoms with van der Waals surface area (Å²) in [5.41, 5.74) is 2.89. The minimum atomic E-state index is -0.445. The number of anilines is 1. The monoisotopic (exact) mass is 501 g/mol. The van der Waals surface area contributed by atoms with Gasteiger partial charge in [0.1, 0.15) is 29.4 Å². The average Bonchev–Trinajstić information content (AvgIpc) is 3.42. The third-order valence-electron chi connectivity index (χ3n) is 6.24. The Balaban J connectivity index is 1.32. The largest absolute Gasteiger partial charge is 0.394 e. The zero-order chi connectivity index (χ0) is 25.9. The molecule has 0 saturated carbocycles. The van der Waals surface area contributed by atoms with Crippen LogP contribution in [0.2, 0.25) is 0 Å². The van der Waals surface area contributed by atoms with Crippen LogP contribution in [0.25, 0.3) is 11.5 Å². The number of aliphatic hydroxyl groups excluding tert-OH is 1.